The summed E-state index contributed by atoms with van der Waals surface area (Å²) >= 11 is 5.93. The van der Waals surface area contributed by atoms with Gasteiger partial charge in [-0.25, -0.2) is 5.48 Å². The van der Waals surface area contributed by atoms with Crippen molar-refractivity contribution in [3.05, 3.63) is 29.3 Å². The Kier molecular flexibility index (Phi) is 10.7. The normalized spacial score (nSPS) is 25.0. The molecular formula is C22H33ClN2O5. The first-order chi connectivity index (χ1) is 14.4. The number of amides is 1. The van der Waals surface area contributed by atoms with Crippen molar-refractivity contribution in [2.24, 2.45) is 16.8 Å². The summed E-state index contributed by atoms with van der Waals surface area (Å²) in [5, 5.41) is 40.0. The van der Waals surface area contributed by atoms with Crippen LogP contribution in [0.15, 0.2) is 29.3 Å². The van der Waals surface area contributed by atoms with Gasteiger partial charge in [-0.2, -0.15) is 0 Å². The maximum absolute atomic E-state index is 11.0. The Balaban J connectivity index is 1.74. The lowest BCUT2D eigenvalue weighted by Crippen LogP contribution is -2.24. The van der Waals surface area contributed by atoms with Crippen molar-refractivity contribution in [3.8, 4) is 0 Å². The van der Waals surface area contributed by atoms with Crippen LogP contribution >= 0.6 is 11.6 Å². The molecule has 30 heavy (non-hydrogen) atoms. The van der Waals surface area contributed by atoms with E-state index in [1.807, 2.05) is 0 Å². The molecule has 5 atom stereocenters. The highest BCUT2D eigenvalue weighted by atomic mass is 35.5. The number of unbranched alkanes of at least 4 members (excludes halogenated alkanes) is 3. The highest BCUT2D eigenvalue weighted by Crippen LogP contribution is 2.39. The molecule has 0 saturated heterocycles. The van der Waals surface area contributed by atoms with Crippen LogP contribution in [-0.2, 0) is 4.79 Å². The van der Waals surface area contributed by atoms with Gasteiger partial charge in [0.1, 0.15) is 0 Å². The van der Waals surface area contributed by atoms with E-state index in [1.165, 1.54) is 6.21 Å². The minimum Gasteiger partial charge on any atom is -0.393 e. The molecule has 1 aromatic carbocycles. The molecule has 0 radical (unpaired) electrons. The van der Waals surface area contributed by atoms with E-state index in [0.29, 0.717) is 42.8 Å². The van der Waals surface area contributed by atoms with E-state index in [2.05, 4.69) is 4.99 Å². The molecule has 2 rings (SSSR count). The first-order valence-electron chi connectivity index (χ1n) is 10.7. The van der Waals surface area contributed by atoms with Crippen molar-refractivity contribution in [1.29, 1.82) is 0 Å². The third-order valence-corrected chi connectivity index (χ3v) is 6.07. The zero-order chi connectivity index (χ0) is 21.9. The van der Waals surface area contributed by atoms with Crippen LogP contribution in [0.5, 0.6) is 0 Å². The number of halogens is 1. The molecule has 168 valence electrons. The van der Waals surface area contributed by atoms with Crippen molar-refractivity contribution in [3.63, 3.8) is 0 Å². The van der Waals surface area contributed by atoms with E-state index in [9.17, 15) is 20.1 Å². The lowest BCUT2D eigenvalue weighted by molar-refractivity contribution is -0.129. The van der Waals surface area contributed by atoms with Crippen LogP contribution in [0.2, 0.25) is 5.02 Å². The lowest BCUT2D eigenvalue weighted by Gasteiger charge is -2.24. The number of aliphatic imine (C=N–C) groups is 1. The molecule has 1 aromatic rings. The fourth-order valence-corrected chi connectivity index (χ4v) is 4.41. The number of hydrogen-bond donors (Lipinski definition) is 5. The van der Waals surface area contributed by atoms with E-state index in [1.54, 1.807) is 29.7 Å². The highest BCUT2D eigenvalue weighted by molar-refractivity contribution is 6.30. The number of aliphatic hydroxyl groups excluding tert-OH is 3. The molecule has 0 spiro atoms. The summed E-state index contributed by atoms with van der Waals surface area (Å²) in [4.78, 5) is 15.2. The number of carbonyl (C=O) groups excluding carboxylic acids is 1. The van der Waals surface area contributed by atoms with Gasteiger partial charge in [0.25, 0.3) is 0 Å². The number of nitrogens with one attached hydrogen (secondary N) is 1. The van der Waals surface area contributed by atoms with Gasteiger partial charge in [-0.1, -0.05) is 36.9 Å². The Hall–Kier alpha value is -1.51. The van der Waals surface area contributed by atoms with Gasteiger partial charge >= 0.3 is 0 Å². The third-order valence-electron chi connectivity index (χ3n) is 5.84. The molecule has 7 nitrogen and oxygen atoms in total. The summed E-state index contributed by atoms with van der Waals surface area (Å²) in [6.45, 7) is 0. The molecule has 0 aromatic heterocycles. The molecule has 1 amide bonds. The lowest BCUT2D eigenvalue weighted by atomic mass is 9.85. The standard InChI is InChI=1S/C22H33ClN2O5/c23-15-6-5-7-16(12-15)24-14-17(26)10-11-19-18(20(27)13-21(19)28)8-3-1-2-4-9-22(29)25-30/h5-7,12,14,17-21,26-28,30H,1-4,8-11,13H2,(H,25,29)/t17?,18-,19?,20+,21-/m1/s1. The molecule has 1 aliphatic rings. The van der Waals surface area contributed by atoms with Crippen LogP contribution in [0, 0.1) is 11.8 Å². The smallest absolute Gasteiger partial charge is 0.243 e. The summed E-state index contributed by atoms with van der Waals surface area (Å²) in [7, 11) is 0. The van der Waals surface area contributed by atoms with Crippen molar-refractivity contribution >= 4 is 29.4 Å². The molecule has 8 heteroatoms. The molecule has 0 heterocycles. The number of carbonyl (C=O) groups is 1. The molecule has 0 aliphatic heterocycles. The predicted octanol–water partition coefficient (Wildman–Crippen LogP) is 3.39. The quantitative estimate of drug-likeness (QED) is 0.147. The minimum absolute atomic E-state index is 0.0119. The van der Waals surface area contributed by atoms with Crippen molar-refractivity contribution in [1.82, 2.24) is 5.48 Å². The summed E-state index contributed by atoms with van der Waals surface area (Å²) < 4.78 is 0. The largest absolute Gasteiger partial charge is 0.393 e. The van der Waals surface area contributed by atoms with Gasteiger partial charge in [0.15, 0.2) is 0 Å². The highest BCUT2D eigenvalue weighted by Gasteiger charge is 2.40. The van der Waals surface area contributed by atoms with Gasteiger partial charge in [-0.05, 0) is 62.1 Å². The average molecular weight is 441 g/mol. The van der Waals surface area contributed by atoms with Gasteiger partial charge in [0, 0.05) is 17.7 Å². The van der Waals surface area contributed by atoms with E-state index >= 15 is 0 Å². The number of rotatable bonds is 12. The van der Waals surface area contributed by atoms with Crippen LogP contribution in [0.3, 0.4) is 0 Å². The van der Waals surface area contributed by atoms with Crippen LogP contribution < -0.4 is 5.48 Å². The molecule has 1 aliphatic carbocycles. The SMILES string of the molecule is O=C(CCCCCC[C@@H]1C(CCC(O)C=Nc2cccc(Cl)c2)[C@H](O)C[C@@H]1O)NO. The Bertz CT molecular complexity index is 687. The number of hydrogen-bond acceptors (Lipinski definition) is 6. The van der Waals surface area contributed by atoms with Crippen LogP contribution in [0.1, 0.15) is 57.8 Å². The summed E-state index contributed by atoms with van der Waals surface area (Å²) in [6.07, 6.45) is 5.66. The minimum atomic E-state index is -0.729. The van der Waals surface area contributed by atoms with Gasteiger partial charge in [-0.3, -0.25) is 15.0 Å². The Morgan fingerprint density at radius 3 is 2.57 bits per heavy atom. The van der Waals surface area contributed by atoms with E-state index in [0.717, 1.165) is 25.7 Å². The van der Waals surface area contributed by atoms with E-state index in [-0.39, 0.29) is 17.7 Å². The van der Waals surface area contributed by atoms with Crippen LogP contribution in [0.4, 0.5) is 5.69 Å². The maximum Gasteiger partial charge on any atom is 0.243 e. The van der Waals surface area contributed by atoms with Gasteiger partial charge < -0.3 is 15.3 Å². The summed E-state index contributed by atoms with van der Waals surface area (Å²) in [6, 6.07) is 7.08. The van der Waals surface area contributed by atoms with Gasteiger partial charge in [-0.15, -0.1) is 0 Å². The second kappa shape index (κ2) is 13.0. The number of nitrogens with zero attached hydrogens (tertiary/aromatic N) is 1. The number of hydroxylamine groups is 1. The Morgan fingerprint density at radius 1 is 1.17 bits per heavy atom. The molecule has 1 saturated carbocycles. The van der Waals surface area contributed by atoms with E-state index in [4.69, 9.17) is 16.8 Å². The van der Waals surface area contributed by atoms with E-state index < -0.39 is 18.3 Å². The topological polar surface area (TPSA) is 122 Å². The number of aliphatic hydroxyl groups is 3. The second-order valence-electron chi connectivity index (χ2n) is 8.09. The third kappa shape index (κ3) is 8.32. The van der Waals surface area contributed by atoms with Crippen LogP contribution in [0.25, 0.3) is 0 Å². The first-order valence-corrected chi connectivity index (χ1v) is 11.1. The molecule has 2 unspecified atom stereocenters. The molecule has 1 fully saturated rings. The summed E-state index contributed by atoms with van der Waals surface area (Å²) in [5.41, 5.74) is 2.30. The van der Waals surface area contributed by atoms with Crippen molar-refractivity contribution in [2.75, 3.05) is 0 Å². The molecular weight excluding hydrogens is 408 g/mol. The average Bonchev–Trinajstić information content (AvgIpc) is 2.99. The predicted molar refractivity (Wildman–Crippen MR) is 116 cm³/mol. The van der Waals surface area contributed by atoms with Crippen molar-refractivity contribution in [2.45, 2.75) is 76.1 Å². The van der Waals surface area contributed by atoms with Crippen LogP contribution in [-0.4, -0.2) is 51.0 Å². The van der Waals surface area contributed by atoms with Gasteiger partial charge in [0.05, 0.1) is 24.0 Å². The Labute approximate surface area is 182 Å². The fourth-order valence-electron chi connectivity index (χ4n) is 4.22. The number of benzene rings is 1. The monoisotopic (exact) mass is 440 g/mol. The Morgan fingerprint density at radius 2 is 1.87 bits per heavy atom. The maximum atomic E-state index is 11.0. The van der Waals surface area contributed by atoms with Crippen molar-refractivity contribution < 1.29 is 25.3 Å². The molecule has 0 bridgehead atoms. The zero-order valence-electron chi connectivity index (χ0n) is 17.2. The summed E-state index contributed by atoms with van der Waals surface area (Å²) in [5.74, 6) is -0.408. The second-order valence-corrected chi connectivity index (χ2v) is 8.53. The molecule has 5 N–H and O–H groups in total. The van der Waals surface area contributed by atoms with Gasteiger partial charge in [0.2, 0.25) is 5.91 Å². The fraction of sp³-hybridized carbons (Fsp3) is 0.636. The first kappa shape index (κ1) is 24.8. The zero-order valence-corrected chi connectivity index (χ0v) is 17.9.